The molecule has 6 nitrogen and oxygen atoms in total. The van der Waals surface area contributed by atoms with Gasteiger partial charge in [0.2, 0.25) is 10.0 Å². The van der Waals surface area contributed by atoms with Crippen LogP contribution in [0.5, 0.6) is 5.75 Å². The molecule has 7 heteroatoms. The van der Waals surface area contributed by atoms with Crippen molar-refractivity contribution in [2.24, 2.45) is 0 Å². The van der Waals surface area contributed by atoms with Crippen molar-refractivity contribution < 1.29 is 18.3 Å². The molecule has 0 spiro atoms. The smallest absolute Gasteiger partial charge is 0.251 e. The molecule has 132 valence electrons. The molecule has 0 saturated heterocycles. The molecular formula is C18H20N2O4S. The average molecular weight is 360 g/mol. The average Bonchev–Trinajstić information content (AvgIpc) is 2.88. The Morgan fingerprint density at radius 1 is 1.28 bits per heavy atom. The summed E-state index contributed by atoms with van der Waals surface area (Å²) >= 11 is 0. The van der Waals surface area contributed by atoms with Gasteiger partial charge in [-0.2, -0.15) is 0 Å². The molecule has 3 rings (SSSR count). The molecule has 25 heavy (non-hydrogen) atoms. The van der Waals surface area contributed by atoms with Crippen molar-refractivity contribution in [1.82, 2.24) is 5.32 Å². The summed E-state index contributed by atoms with van der Waals surface area (Å²) in [6.07, 6.45) is 1.76. The second kappa shape index (κ2) is 6.40. The summed E-state index contributed by atoms with van der Waals surface area (Å²) in [5.74, 6) is -0.133. The standard InChI is InChI=1S/C18H20N2O4S/c1-12-9-15-10-13(7-8-16(15)20(12)25(2,23)24)18(22)19-11-14-5-3-4-6-17(14)21/h3-8,10,12,21H,9,11H2,1-2H3,(H,19,22). The third-order valence-corrected chi connectivity index (χ3v) is 5.55. The highest BCUT2D eigenvalue weighted by atomic mass is 32.2. The number of nitrogens with zero attached hydrogens (tertiary/aromatic N) is 1. The van der Waals surface area contributed by atoms with E-state index in [-0.39, 0.29) is 24.2 Å². The van der Waals surface area contributed by atoms with Crippen LogP contribution in [0.1, 0.15) is 28.4 Å². The highest BCUT2D eigenvalue weighted by Crippen LogP contribution is 2.34. The number of phenols is 1. The van der Waals surface area contributed by atoms with Gasteiger partial charge in [-0.15, -0.1) is 0 Å². The number of anilines is 1. The second-order valence-electron chi connectivity index (χ2n) is 6.27. The van der Waals surface area contributed by atoms with Gasteiger partial charge < -0.3 is 10.4 Å². The lowest BCUT2D eigenvalue weighted by atomic mass is 10.1. The Morgan fingerprint density at radius 3 is 2.68 bits per heavy atom. The van der Waals surface area contributed by atoms with Crippen LogP contribution < -0.4 is 9.62 Å². The Balaban J connectivity index is 1.78. The maximum absolute atomic E-state index is 12.4. The molecule has 0 fully saturated rings. The molecule has 1 aliphatic heterocycles. The molecule has 1 atom stereocenters. The maximum Gasteiger partial charge on any atom is 0.251 e. The van der Waals surface area contributed by atoms with Crippen LogP contribution in [0.3, 0.4) is 0 Å². The number of fused-ring (bicyclic) bond motifs is 1. The lowest BCUT2D eigenvalue weighted by Crippen LogP contribution is -2.34. The molecule has 0 saturated carbocycles. The number of benzene rings is 2. The third kappa shape index (κ3) is 3.46. The minimum Gasteiger partial charge on any atom is -0.508 e. The number of carbonyl (C=O) groups excluding carboxylic acids is 1. The number of nitrogens with one attached hydrogen (secondary N) is 1. The first-order valence-corrected chi connectivity index (χ1v) is 9.79. The monoisotopic (exact) mass is 360 g/mol. The van der Waals surface area contributed by atoms with Crippen molar-refractivity contribution >= 4 is 21.6 Å². The Kier molecular flexibility index (Phi) is 4.43. The van der Waals surface area contributed by atoms with Gasteiger partial charge in [-0.3, -0.25) is 9.10 Å². The summed E-state index contributed by atoms with van der Waals surface area (Å²) < 4.78 is 25.3. The zero-order valence-corrected chi connectivity index (χ0v) is 14.9. The molecule has 0 bridgehead atoms. The number of hydrogen-bond acceptors (Lipinski definition) is 4. The van der Waals surface area contributed by atoms with Crippen LogP contribution >= 0.6 is 0 Å². The van der Waals surface area contributed by atoms with Gasteiger partial charge in [0.05, 0.1) is 11.9 Å². The molecule has 1 amide bonds. The number of para-hydroxylation sites is 1. The first-order valence-electron chi connectivity index (χ1n) is 7.95. The molecule has 0 aliphatic carbocycles. The Labute approximate surface area is 147 Å². The summed E-state index contributed by atoms with van der Waals surface area (Å²) in [6.45, 7) is 2.06. The number of phenolic OH excluding ortho intramolecular Hbond substituents is 1. The molecule has 1 unspecified atom stereocenters. The first-order chi connectivity index (χ1) is 11.8. The van der Waals surface area contributed by atoms with E-state index in [9.17, 15) is 18.3 Å². The second-order valence-corrected chi connectivity index (χ2v) is 8.13. The van der Waals surface area contributed by atoms with Gasteiger partial charge in [0.25, 0.3) is 5.91 Å². The lowest BCUT2D eigenvalue weighted by molar-refractivity contribution is 0.0950. The summed E-state index contributed by atoms with van der Waals surface area (Å²) in [6, 6.07) is 11.7. The van der Waals surface area contributed by atoms with Crippen LogP contribution in [0.2, 0.25) is 0 Å². The fraction of sp³-hybridized carbons (Fsp3) is 0.278. The zero-order chi connectivity index (χ0) is 18.2. The van der Waals surface area contributed by atoms with E-state index in [0.29, 0.717) is 23.2 Å². The normalized spacial score (nSPS) is 16.6. The van der Waals surface area contributed by atoms with Gasteiger partial charge in [0, 0.05) is 23.7 Å². The topological polar surface area (TPSA) is 86.7 Å². The maximum atomic E-state index is 12.4. The van der Waals surface area contributed by atoms with Crippen LogP contribution in [0.15, 0.2) is 42.5 Å². The molecule has 1 aliphatic rings. The Bertz CT molecular complexity index is 924. The lowest BCUT2D eigenvalue weighted by Gasteiger charge is -2.21. The van der Waals surface area contributed by atoms with E-state index in [4.69, 9.17) is 0 Å². The van der Waals surface area contributed by atoms with Gasteiger partial charge in [-0.05, 0) is 43.2 Å². The number of carbonyl (C=O) groups is 1. The highest BCUT2D eigenvalue weighted by Gasteiger charge is 2.32. The quantitative estimate of drug-likeness (QED) is 0.873. The minimum atomic E-state index is -3.34. The fourth-order valence-electron chi connectivity index (χ4n) is 3.19. The highest BCUT2D eigenvalue weighted by molar-refractivity contribution is 7.92. The number of sulfonamides is 1. The van der Waals surface area contributed by atoms with Crippen molar-refractivity contribution in [3.63, 3.8) is 0 Å². The molecule has 0 radical (unpaired) electrons. The number of rotatable bonds is 4. The van der Waals surface area contributed by atoms with Crippen LogP contribution in [0.25, 0.3) is 0 Å². The third-order valence-electron chi connectivity index (χ3n) is 4.28. The van der Waals surface area contributed by atoms with Gasteiger partial charge in [0.1, 0.15) is 5.75 Å². The van der Waals surface area contributed by atoms with Gasteiger partial charge >= 0.3 is 0 Å². The predicted octanol–water partition coefficient (Wildman–Crippen LogP) is 2.03. The van der Waals surface area contributed by atoms with Gasteiger partial charge in [-0.1, -0.05) is 18.2 Å². The molecule has 1 heterocycles. The summed E-state index contributed by atoms with van der Waals surface area (Å²) in [5, 5.41) is 12.5. The van der Waals surface area contributed by atoms with Crippen LogP contribution in [0, 0.1) is 0 Å². The van der Waals surface area contributed by atoms with E-state index in [1.54, 1.807) is 42.5 Å². The van der Waals surface area contributed by atoms with E-state index in [1.165, 1.54) is 10.6 Å². The molecule has 0 aromatic heterocycles. The number of hydrogen-bond donors (Lipinski definition) is 2. The van der Waals surface area contributed by atoms with E-state index in [0.717, 1.165) is 5.56 Å². The fourth-order valence-corrected chi connectivity index (χ4v) is 4.45. The van der Waals surface area contributed by atoms with Crippen molar-refractivity contribution in [2.45, 2.75) is 25.9 Å². The van der Waals surface area contributed by atoms with E-state index in [2.05, 4.69) is 5.32 Å². The predicted molar refractivity (Wildman–Crippen MR) is 96.2 cm³/mol. The summed E-state index contributed by atoms with van der Waals surface area (Å²) in [5.41, 5.74) is 2.57. The SMILES string of the molecule is CC1Cc2cc(C(=O)NCc3ccccc3O)ccc2N1S(C)(=O)=O. The van der Waals surface area contributed by atoms with Crippen LogP contribution in [-0.2, 0) is 23.0 Å². The summed E-state index contributed by atoms with van der Waals surface area (Å²) in [4.78, 5) is 12.4. The molecule has 2 aromatic carbocycles. The Morgan fingerprint density at radius 2 is 2.00 bits per heavy atom. The van der Waals surface area contributed by atoms with Gasteiger partial charge in [-0.25, -0.2) is 8.42 Å². The number of amides is 1. The molecule has 2 aromatic rings. The van der Waals surface area contributed by atoms with Crippen molar-refractivity contribution in [1.29, 1.82) is 0 Å². The van der Waals surface area contributed by atoms with Crippen LogP contribution in [0.4, 0.5) is 5.69 Å². The Hall–Kier alpha value is -2.54. The van der Waals surface area contributed by atoms with Crippen molar-refractivity contribution in [3.8, 4) is 5.75 Å². The summed E-state index contributed by atoms with van der Waals surface area (Å²) in [7, 11) is -3.34. The van der Waals surface area contributed by atoms with Crippen molar-refractivity contribution in [3.05, 3.63) is 59.2 Å². The molecular weight excluding hydrogens is 340 g/mol. The first kappa shape index (κ1) is 17.3. The largest absolute Gasteiger partial charge is 0.508 e. The minimum absolute atomic E-state index is 0.134. The van der Waals surface area contributed by atoms with Gasteiger partial charge in [0.15, 0.2) is 0 Å². The molecule has 2 N–H and O–H groups in total. The van der Waals surface area contributed by atoms with Crippen molar-refractivity contribution in [2.75, 3.05) is 10.6 Å². The van der Waals surface area contributed by atoms with E-state index >= 15 is 0 Å². The number of aromatic hydroxyl groups is 1. The van der Waals surface area contributed by atoms with E-state index < -0.39 is 10.0 Å². The van der Waals surface area contributed by atoms with E-state index in [1.807, 2.05) is 6.92 Å². The van der Waals surface area contributed by atoms with Crippen LogP contribution in [-0.4, -0.2) is 31.7 Å². The zero-order valence-electron chi connectivity index (χ0n) is 14.1.